The van der Waals surface area contributed by atoms with Crippen molar-refractivity contribution in [3.05, 3.63) is 23.7 Å². The van der Waals surface area contributed by atoms with E-state index in [-0.39, 0.29) is 24.8 Å². The third kappa shape index (κ3) is 5.17. The summed E-state index contributed by atoms with van der Waals surface area (Å²) in [5.41, 5.74) is 0. The third-order valence-electron chi connectivity index (χ3n) is 2.68. The summed E-state index contributed by atoms with van der Waals surface area (Å²) in [6.07, 6.45) is 0.717. The van der Waals surface area contributed by atoms with Gasteiger partial charge in [0.05, 0.1) is 6.54 Å². The molecule has 0 radical (unpaired) electrons. The van der Waals surface area contributed by atoms with Crippen LogP contribution in [0, 0.1) is 0 Å². The topological polar surface area (TPSA) is 112 Å². The molecule has 0 aromatic carbocycles. The number of rotatable bonds is 7. The lowest BCUT2D eigenvalue weighted by Gasteiger charge is -2.21. The average Bonchev–Trinajstić information content (AvgIpc) is 2.93. The molecule has 3 N–H and O–H groups in total. The number of urea groups is 1. The molecule has 0 spiro atoms. The van der Waals surface area contributed by atoms with Crippen molar-refractivity contribution in [1.82, 2.24) is 15.5 Å². The van der Waals surface area contributed by atoms with Crippen LogP contribution in [0.3, 0.4) is 0 Å². The maximum absolute atomic E-state index is 12.0. The van der Waals surface area contributed by atoms with Gasteiger partial charge < -0.3 is 25.1 Å². The lowest BCUT2D eigenvalue weighted by Crippen LogP contribution is -2.45. The van der Waals surface area contributed by atoms with Crippen molar-refractivity contribution in [2.24, 2.45) is 0 Å². The highest BCUT2D eigenvalue weighted by Crippen LogP contribution is 2.07. The van der Waals surface area contributed by atoms with Crippen LogP contribution < -0.4 is 10.6 Å². The maximum Gasteiger partial charge on any atom is 0.371 e. The van der Waals surface area contributed by atoms with E-state index in [1.807, 2.05) is 6.92 Å². The number of likely N-dealkylation sites (N-methyl/N-ethyl adjacent to an activating group) is 1. The van der Waals surface area contributed by atoms with Crippen LogP contribution in [0.25, 0.3) is 0 Å². The Morgan fingerprint density at radius 1 is 1.33 bits per heavy atom. The first-order chi connectivity index (χ1) is 9.97. The van der Waals surface area contributed by atoms with Crippen molar-refractivity contribution in [3.8, 4) is 0 Å². The third-order valence-corrected chi connectivity index (χ3v) is 2.68. The molecule has 0 saturated carbocycles. The van der Waals surface area contributed by atoms with E-state index >= 15 is 0 Å². The summed E-state index contributed by atoms with van der Waals surface area (Å²) in [6.45, 7) is 2.36. The number of hydrogen-bond acceptors (Lipinski definition) is 4. The number of carboxylic acid groups (broad SMARTS) is 1. The van der Waals surface area contributed by atoms with Crippen molar-refractivity contribution in [2.45, 2.75) is 19.9 Å². The summed E-state index contributed by atoms with van der Waals surface area (Å²) in [7, 11) is 1.50. The molecule has 0 aliphatic carbocycles. The number of carboxylic acids is 1. The number of nitrogens with one attached hydrogen (secondary N) is 2. The fraction of sp³-hybridized carbons (Fsp3) is 0.462. The predicted molar refractivity (Wildman–Crippen MR) is 73.8 cm³/mol. The number of furan rings is 1. The van der Waals surface area contributed by atoms with Crippen LogP contribution in [0.5, 0.6) is 0 Å². The standard InChI is InChI=1S/C13H19N3O5/c1-3-6-16(8-11(17)14-2)13(20)15-7-9-4-5-10(21-9)12(18)19/h4-5H,3,6-8H2,1-2H3,(H,14,17)(H,15,20)(H,18,19). The highest BCUT2D eigenvalue weighted by Gasteiger charge is 2.16. The smallest absolute Gasteiger partial charge is 0.371 e. The van der Waals surface area contributed by atoms with Gasteiger partial charge in [0.15, 0.2) is 0 Å². The van der Waals surface area contributed by atoms with Gasteiger partial charge in [-0.05, 0) is 18.6 Å². The van der Waals surface area contributed by atoms with Crippen molar-refractivity contribution in [2.75, 3.05) is 20.1 Å². The van der Waals surface area contributed by atoms with Crippen LogP contribution in [-0.4, -0.2) is 48.1 Å². The normalized spacial score (nSPS) is 10.0. The van der Waals surface area contributed by atoms with Crippen molar-refractivity contribution in [1.29, 1.82) is 0 Å². The zero-order valence-corrected chi connectivity index (χ0v) is 12.0. The minimum absolute atomic E-state index is 0.0330. The van der Waals surface area contributed by atoms with Gasteiger partial charge in [0.1, 0.15) is 12.3 Å². The van der Waals surface area contributed by atoms with Gasteiger partial charge >= 0.3 is 12.0 Å². The monoisotopic (exact) mass is 297 g/mol. The Morgan fingerprint density at radius 2 is 2.05 bits per heavy atom. The molecule has 0 unspecified atom stereocenters. The van der Waals surface area contributed by atoms with Gasteiger partial charge in [0, 0.05) is 13.6 Å². The predicted octanol–water partition coefficient (Wildman–Crippen LogP) is 0.645. The molecule has 1 aromatic rings. The minimum atomic E-state index is -1.17. The Labute approximate surface area is 122 Å². The quantitative estimate of drug-likeness (QED) is 0.684. The van der Waals surface area contributed by atoms with Gasteiger partial charge in [0.25, 0.3) is 0 Å². The molecule has 1 heterocycles. The highest BCUT2D eigenvalue weighted by molar-refractivity contribution is 5.84. The number of amides is 3. The maximum atomic E-state index is 12.0. The van der Waals surface area contributed by atoms with Gasteiger partial charge in [-0.3, -0.25) is 4.79 Å². The Bertz CT molecular complexity index is 512. The first-order valence-electron chi connectivity index (χ1n) is 6.53. The molecule has 21 heavy (non-hydrogen) atoms. The second-order valence-corrected chi connectivity index (χ2v) is 4.32. The van der Waals surface area contributed by atoms with E-state index in [1.165, 1.54) is 24.1 Å². The van der Waals surface area contributed by atoms with E-state index in [0.717, 1.165) is 0 Å². The van der Waals surface area contributed by atoms with E-state index in [4.69, 9.17) is 9.52 Å². The number of carbonyl (C=O) groups excluding carboxylic acids is 2. The van der Waals surface area contributed by atoms with Gasteiger partial charge in [0.2, 0.25) is 11.7 Å². The fourth-order valence-electron chi connectivity index (χ4n) is 1.64. The molecule has 3 amide bonds. The first kappa shape index (κ1) is 16.5. The van der Waals surface area contributed by atoms with Gasteiger partial charge in [-0.2, -0.15) is 0 Å². The lowest BCUT2D eigenvalue weighted by molar-refractivity contribution is -0.121. The van der Waals surface area contributed by atoms with Crippen molar-refractivity contribution >= 4 is 17.9 Å². The van der Waals surface area contributed by atoms with Crippen LogP contribution in [0.15, 0.2) is 16.5 Å². The SMILES string of the molecule is CCCN(CC(=O)NC)C(=O)NCc1ccc(C(=O)O)o1. The zero-order chi connectivity index (χ0) is 15.8. The van der Waals surface area contributed by atoms with Crippen LogP contribution in [0.2, 0.25) is 0 Å². The molecule has 0 aliphatic heterocycles. The highest BCUT2D eigenvalue weighted by atomic mass is 16.4. The summed E-state index contributed by atoms with van der Waals surface area (Å²) in [4.78, 5) is 35.4. The van der Waals surface area contributed by atoms with E-state index in [1.54, 1.807) is 0 Å². The van der Waals surface area contributed by atoms with E-state index in [0.29, 0.717) is 18.7 Å². The Balaban J connectivity index is 2.55. The van der Waals surface area contributed by atoms with E-state index in [2.05, 4.69) is 10.6 Å². The number of hydrogen-bond donors (Lipinski definition) is 3. The van der Waals surface area contributed by atoms with Crippen LogP contribution in [-0.2, 0) is 11.3 Å². The Hall–Kier alpha value is -2.51. The molecule has 8 heteroatoms. The molecule has 0 atom stereocenters. The molecule has 0 fully saturated rings. The second kappa shape index (κ2) is 7.93. The van der Waals surface area contributed by atoms with Crippen molar-refractivity contribution in [3.63, 3.8) is 0 Å². The zero-order valence-electron chi connectivity index (χ0n) is 12.0. The van der Waals surface area contributed by atoms with E-state index in [9.17, 15) is 14.4 Å². The summed E-state index contributed by atoms with van der Waals surface area (Å²) in [5, 5.41) is 13.8. The molecular formula is C13H19N3O5. The van der Waals surface area contributed by atoms with Gasteiger partial charge in [-0.25, -0.2) is 9.59 Å². The lowest BCUT2D eigenvalue weighted by atomic mass is 10.4. The second-order valence-electron chi connectivity index (χ2n) is 4.32. The first-order valence-corrected chi connectivity index (χ1v) is 6.53. The molecular weight excluding hydrogens is 278 g/mol. The van der Waals surface area contributed by atoms with Gasteiger partial charge in [-0.1, -0.05) is 6.92 Å². The molecule has 0 saturated heterocycles. The van der Waals surface area contributed by atoms with Crippen LogP contribution in [0.1, 0.15) is 29.7 Å². The van der Waals surface area contributed by atoms with Crippen LogP contribution >= 0.6 is 0 Å². The Morgan fingerprint density at radius 3 is 2.57 bits per heavy atom. The summed E-state index contributed by atoms with van der Waals surface area (Å²) in [6, 6.07) is 2.39. The molecule has 1 rings (SSSR count). The van der Waals surface area contributed by atoms with Crippen molar-refractivity contribution < 1.29 is 23.9 Å². The van der Waals surface area contributed by atoms with Crippen LogP contribution in [0.4, 0.5) is 4.79 Å². The molecule has 0 aliphatic rings. The number of nitrogens with zero attached hydrogens (tertiary/aromatic N) is 1. The average molecular weight is 297 g/mol. The number of carbonyl (C=O) groups is 3. The molecule has 1 aromatic heterocycles. The molecule has 116 valence electrons. The Kier molecular flexibility index (Phi) is 6.25. The summed E-state index contributed by atoms with van der Waals surface area (Å²) in [5.74, 6) is -1.28. The fourth-order valence-corrected chi connectivity index (χ4v) is 1.64. The summed E-state index contributed by atoms with van der Waals surface area (Å²) < 4.78 is 5.03. The van der Waals surface area contributed by atoms with Gasteiger partial charge in [-0.15, -0.1) is 0 Å². The number of aromatic carboxylic acids is 1. The largest absolute Gasteiger partial charge is 0.475 e. The summed E-state index contributed by atoms with van der Waals surface area (Å²) >= 11 is 0. The minimum Gasteiger partial charge on any atom is -0.475 e. The molecule has 8 nitrogen and oxygen atoms in total. The molecule has 0 bridgehead atoms. The van der Waals surface area contributed by atoms with E-state index < -0.39 is 12.0 Å².